The highest BCUT2D eigenvalue weighted by Gasteiger charge is 2.20. The molecule has 0 spiro atoms. The van der Waals surface area contributed by atoms with Gasteiger partial charge in [0.2, 0.25) is 0 Å². The van der Waals surface area contributed by atoms with Crippen molar-refractivity contribution in [1.82, 2.24) is 4.98 Å². The zero-order valence-electron chi connectivity index (χ0n) is 12.0. The average molecular weight is 280 g/mol. The Morgan fingerprint density at radius 3 is 2.70 bits per heavy atom. The molecule has 1 N–H and O–H groups in total. The van der Waals surface area contributed by atoms with Gasteiger partial charge in [-0.2, -0.15) is 0 Å². The van der Waals surface area contributed by atoms with E-state index in [0.29, 0.717) is 24.3 Å². The number of methoxy groups -OCH3 is 1. The first-order chi connectivity index (χ1) is 9.47. The lowest BCUT2D eigenvalue weighted by Gasteiger charge is -2.29. The molecule has 0 aromatic carbocycles. The van der Waals surface area contributed by atoms with Crippen molar-refractivity contribution in [3.8, 4) is 0 Å². The molecule has 1 rings (SSSR count). The van der Waals surface area contributed by atoms with Crippen LogP contribution in [0.2, 0.25) is 0 Å². The molecule has 0 aliphatic heterocycles. The van der Waals surface area contributed by atoms with Crippen LogP contribution in [0.15, 0.2) is 18.3 Å². The predicted octanol–water partition coefficient (Wildman–Crippen LogP) is 1.95. The molecule has 1 aromatic rings. The molecule has 0 saturated carbocycles. The van der Waals surface area contributed by atoms with Crippen molar-refractivity contribution in [2.75, 3.05) is 18.6 Å². The molecule has 0 bridgehead atoms. The lowest BCUT2D eigenvalue weighted by molar-refractivity contribution is -0.137. The number of pyridine rings is 1. The van der Waals surface area contributed by atoms with Crippen LogP contribution in [0, 0.1) is 0 Å². The van der Waals surface area contributed by atoms with E-state index >= 15 is 0 Å². The molecule has 0 saturated heterocycles. The van der Waals surface area contributed by atoms with Crippen molar-refractivity contribution in [3.05, 3.63) is 23.9 Å². The SMILES string of the molecule is COC(=O)c1cccnc1N(CCCC(=O)O)C(C)C. The Kier molecular flexibility index (Phi) is 5.96. The fourth-order valence-corrected chi connectivity index (χ4v) is 1.90. The first kappa shape index (κ1) is 15.9. The van der Waals surface area contributed by atoms with Crippen LogP contribution >= 0.6 is 0 Å². The van der Waals surface area contributed by atoms with Crippen molar-refractivity contribution in [3.63, 3.8) is 0 Å². The minimum atomic E-state index is -0.831. The second kappa shape index (κ2) is 7.47. The maximum absolute atomic E-state index is 11.8. The molecule has 0 amide bonds. The Balaban J connectivity index is 2.97. The zero-order chi connectivity index (χ0) is 15.1. The van der Waals surface area contributed by atoms with E-state index in [1.807, 2.05) is 18.7 Å². The molecule has 1 heterocycles. The van der Waals surface area contributed by atoms with Crippen molar-refractivity contribution >= 4 is 17.8 Å². The fourth-order valence-electron chi connectivity index (χ4n) is 1.90. The minimum absolute atomic E-state index is 0.0869. The van der Waals surface area contributed by atoms with E-state index in [0.717, 1.165) is 0 Å². The normalized spacial score (nSPS) is 10.4. The van der Waals surface area contributed by atoms with Gasteiger partial charge in [-0.25, -0.2) is 9.78 Å². The Bertz CT molecular complexity index is 474. The number of carbonyl (C=O) groups is 2. The number of anilines is 1. The van der Waals surface area contributed by atoms with Gasteiger partial charge in [0, 0.05) is 25.2 Å². The molecule has 6 nitrogen and oxygen atoms in total. The highest BCUT2D eigenvalue weighted by Crippen LogP contribution is 2.21. The Morgan fingerprint density at radius 2 is 2.15 bits per heavy atom. The fraction of sp³-hybridized carbons (Fsp3) is 0.500. The van der Waals surface area contributed by atoms with Crippen LogP contribution in [-0.2, 0) is 9.53 Å². The molecule has 6 heteroatoms. The maximum atomic E-state index is 11.8. The highest BCUT2D eigenvalue weighted by molar-refractivity contribution is 5.94. The summed E-state index contributed by atoms with van der Waals surface area (Å²) in [5.41, 5.74) is 0.388. The summed E-state index contributed by atoms with van der Waals surface area (Å²) in [6.07, 6.45) is 2.18. The van der Waals surface area contributed by atoms with E-state index in [1.54, 1.807) is 18.3 Å². The highest BCUT2D eigenvalue weighted by atomic mass is 16.5. The van der Waals surface area contributed by atoms with Gasteiger partial charge in [0.25, 0.3) is 0 Å². The first-order valence-electron chi connectivity index (χ1n) is 6.49. The third-order valence-electron chi connectivity index (χ3n) is 2.88. The number of ether oxygens (including phenoxy) is 1. The van der Waals surface area contributed by atoms with E-state index in [2.05, 4.69) is 4.98 Å². The maximum Gasteiger partial charge on any atom is 0.341 e. The monoisotopic (exact) mass is 280 g/mol. The summed E-state index contributed by atoms with van der Waals surface area (Å²) in [7, 11) is 1.32. The smallest absolute Gasteiger partial charge is 0.341 e. The van der Waals surface area contributed by atoms with Crippen LogP contribution in [0.3, 0.4) is 0 Å². The number of aliphatic carboxylic acids is 1. The molecule has 20 heavy (non-hydrogen) atoms. The zero-order valence-corrected chi connectivity index (χ0v) is 12.0. The molecule has 0 aliphatic carbocycles. The lowest BCUT2D eigenvalue weighted by atomic mass is 10.2. The van der Waals surface area contributed by atoms with Gasteiger partial charge in [0.15, 0.2) is 0 Å². The van der Waals surface area contributed by atoms with Crippen molar-refractivity contribution in [1.29, 1.82) is 0 Å². The number of hydrogen-bond acceptors (Lipinski definition) is 5. The lowest BCUT2D eigenvalue weighted by Crippen LogP contribution is -2.34. The summed E-state index contributed by atoms with van der Waals surface area (Å²) in [6, 6.07) is 3.42. The topological polar surface area (TPSA) is 79.7 Å². The second-order valence-corrected chi connectivity index (χ2v) is 4.65. The van der Waals surface area contributed by atoms with Crippen molar-refractivity contribution in [2.45, 2.75) is 32.7 Å². The van der Waals surface area contributed by atoms with E-state index in [-0.39, 0.29) is 12.5 Å². The predicted molar refractivity (Wildman–Crippen MR) is 74.9 cm³/mol. The van der Waals surface area contributed by atoms with Gasteiger partial charge >= 0.3 is 11.9 Å². The summed E-state index contributed by atoms with van der Waals surface area (Å²) >= 11 is 0. The molecule has 0 radical (unpaired) electrons. The van der Waals surface area contributed by atoms with Crippen LogP contribution < -0.4 is 4.90 Å². The third kappa shape index (κ3) is 4.22. The summed E-state index contributed by atoms with van der Waals surface area (Å²) in [6.45, 7) is 4.46. The van der Waals surface area contributed by atoms with Gasteiger partial charge in [-0.05, 0) is 32.4 Å². The standard InChI is InChI=1S/C14H20N2O4/c1-10(2)16(9-5-7-12(17)18)13-11(14(19)20-3)6-4-8-15-13/h4,6,8,10H,5,7,9H2,1-3H3,(H,17,18). The molecular formula is C14H20N2O4. The van der Waals surface area contributed by atoms with Crippen LogP contribution in [0.5, 0.6) is 0 Å². The number of carboxylic acids is 1. The van der Waals surface area contributed by atoms with E-state index in [1.165, 1.54) is 7.11 Å². The number of nitrogens with zero attached hydrogens (tertiary/aromatic N) is 2. The van der Waals surface area contributed by atoms with Gasteiger partial charge in [0.1, 0.15) is 11.4 Å². The first-order valence-corrected chi connectivity index (χ1v) is 6.49. The number of aromatic nitrogens is 1. The molecule has 0 fully saturated rings. The van der Waals surface area contributed by atoms with Crippen molar-refractivity contribution < 1.29 is 19.4 Å². The molecule has 0 aliphatic rings. The van der Waals surface area contributed by atoms with E-state index < -0.39 is 11.9 Å². The van der Waals surface area contributed by atoms with Gasteiger partial charge in [0.05, 0.1) is 7.11 Å². The Labute approximate surface area is 118 Å². The Hall–Kier alpha value is -2.11. The Morgan fingerprint density at radius 1 is 1.45 bits per heavy atom. The number of carboxylic acid groups (broad SMARTS) is 1. The minimum Gasteiger partial charge on any atom is -0.481 e. The van der Waals surface area contributed by atoms with E-state index in [9.17, 15) is 9.59 Å². The van der Waals surface area contributed by atoms with E-state index in [4.69, 9.17) is 9.84 Å². The van der Waals surface area contributed by atoms with Gasteiger partial charge in [-0.3, -0.25) is 4.79 Å². The summed E-state index contributed by atoms with van der Waals surface area (Å²) in [5, 5.41) is 8.71. The molecule has 110 valence electrons. The largest absolute Gasteiger partial charge is 0.481 e. The number of carbonyl (C=O) groups excluding carboxylic acids is 1. The molecule has 1 aromatic heterocycles. The van der Waals surface area contributed by atoms with Crippen LogP contribution in [-0.4, -0.2) is 41.7 Å². The van der Waals surface area contributed by atoms with Gasteiger partial charge in [-0.1, -0.05) is 0 Å². The summed E-state index contributed by atoms with van der Waals surface area (Å²) in [5.74, 6) is -0.750. The number of hydrogen-bond donors (Lipinski definition) is 1. The molecule has 0 atom stereocenters. The van der Waals surface area contributed by atoms with Crippen molar-refractivity contribution in [2.24, 2.45) is 0 Å². The number of rotatable bonds is 7. The summed E-state index contributed by atoms with van der Waals surface area (Å²) < 4.78 is 4.75. The van der Waals surface area contributed by atoms with Gasteiger partial charge in [-0.15, -0.1) is 0 Å². The van der Waals surface area contributed by atoms with Gasteiger partial charge < -0.3 is 14.7 Å². The molecule has 0 unspecified atom stereocenters. The molecular weight excluding hydrogens is 260 g/mol. The number of esters is 1. The second-order valence-electron chi connectivity index (χ2n) is 4.65. The summed E-state index contributed by atoms with van der Waals surface area (Å²) in [4.78, 5) is 28.5. The quantitative estimate of drug-likeness (QED) is 0.769. The van der Waals surface area contributed by atoms with Crippen LogP contribution in [0.25, 0.3) is 0 Å². The van der Waals surface area contributed by atoms with Crippen LogP contribution in [0.1, 0.15) is 37.0 Å². The third-order valence-corrected chi connectivity index (χ3v) is 2.88. The average Bonchev–Trinajstić information content (AvgIpc) is 2.42. The van der Waals surface area contributed by atoms with Crippen LogP contribution in [0.4, 0.5) is 5.82 Å².